The highest BCUT2D eigenvalue weighted by atomic mass is 19.1. The minimum absolute atomic E-state index is 0.0528. The zero-order chi connectivity index (χ0) is 16.4. The first-order valence-electron chi connectivity index (χ1n) is 7.64. The van der Waals surface area contributed by atoms with Crippen LogP contribution in [-0.2, 0) is 11.3 Å². The molecule has 1 aromatic carbocycles. The van der Waals surface area contributed by atoms with Crippen molar-refractivity contribution in [3.63, 3.8) is 0 Å². The van der Waals surface area contributed by atoms with E-state index in [1.54, 1.807) is 18.2 Å². The predicted octanol–water partition coefficient (Wildman–Crippen LogP) is 3.14. The van der Waals surface area contributed by atoms with Gasteiger partial charge in [0.1, 0.15) is 18.2 Å². The molecule has 2 aliphatic rings. The van der Waals surface area contributed by atoms with Crippen LogP contribution in [0, 0.1) is 5.41 Å². The van der Waals surface area contributed by atoms with E-state index >= 15 is 0 Å². The van der Waals surface area contributed by atoms with E-state index < -0.39 is 0 Å². The number of nitrogens with one attached hydrogen (secondary N) is 1. The van der Waals surface area contributed by atoms with Crippen LogP contribution in [0.2, 0.25) is 0 Å². The fourth-order valence-corrected chi connectivity index (χ4v) is 2.95. The second-order valence-electron chi connectivity index (χ2n) is 6.19. The average molecular weight is 317 g/mol. The molecule has 0 saturated carbocycles. The number of rotatable bonds is 2. The molecule has 0 amide bonds. The Morgan fingerprint density at radius 1 is 1.48 bits per heavy atom. The van der Waals surface area contributed by atoms with Gasteiger partial charge in [0.25, 0.3) is 0 Å². The number of hydrogen-bond acceptors (Lipinski definition) is 4. The number of fused-ring (bicyclic) bond motifs is 1. The van der Waals surface area contributed by atoms with Crippen LogP contribution in [-0.4, -0.2) is 25.7 Å². The second kappa shape index (κ2) is 6.16. The summed E-state index contributed by atoms with van der Waals surface area (Å²) in [5.41, 5.74) is 1.26. The molecule has 0 spiro atoms. The van der Waals surface area contributed by atoms with Gasteiger partial charge in [0, 0.05) is 17.5 Å². The molecule has 122 valence electrons. The van der Waals surface area contributed by atoms with Crippen molar-refractivity contribution in [3.05, 3.63) is 53.4 Å². The zero-order valence-electron chi connectivity index (χ0n) is 13.3. The van der Waals surface area contributed by atoms with Crippen LogP contribution in [0.3, 0.4) is 0 Å². The van der Waals surface area contributed by atoms with Gasteiger partial charge in [-0.15, -0.1) is 0 Å². The first-order valence-corrected chi connectivity index (χ1v) is 7.64. The van der Waals surface area contributed by atoms with Crippen LogP contribution >= 0.6 is 0 Å². The van der Waals surface area contributed by atoms with E-state index in [1.807, 2.05) is 12.1 Å². The van der Waals surface area contributed by atoms with E-state index in [4.69, 9.17) is 9.47 Å². The second-order valence-corrected chi connectivity index (χ2v) is 6.19. The highest BCUT2D eigenvalue weighted by Crippen LogP contribution is 2.35. The van der Waals surface area contributed by atoms with Crippen molar-refractivity contribution in [2.24, 2.45) is 5.41 Å². The third kappa shape index (κ3) is 3.15. The van der Waals surface area contributed by atoms with Crippen LogP contribution in [0.25, 0.3) is 0 Å². The molecule has 3 rings (SSSR count). The number of halogens is 1. The minimum atomic E-state index is -0.382. The fraction of sp³-hybridized carbons (Fsp3) is 0.389. The lowest BCUT2D eigenvalue weighted by Crippen LogP contribution is -2.45. The lowest BCUT2D eigenvalue weighted by molar-refractivity contribution is 0.0600. The zero-order valence-corrected chi connectivity index (χ0v) is 13.3. The number of benzene rings is 1. The maximum atomic E-state index is 13.2. The molecule has 1 aromatic rings. The fourth-order valence-electron chi connectivity index (χ4n) is 2.95. The predicted molar refractivity (Wildman–Crippen MR) is 85.0 cm³/mol. The molecule has 23 heavy (non-hydrogen) atoms. The lowest BCUT2D eigenvalue weighted by Gasteiger charge is -2.35. The van der Waals surface area contributed by atoms with Gasteiger partial charge in [-0.3, -0.25) is 0 Å². The summed E-state index contributed by atoms with van der Waals surface area (Å²) in [5, 5.41) is 3.48. The van der Waals surface area contributed by atoms with E-state index in [-0.39, 0.29) is 23.3 Å². The Balaban J connectivity index is 1.78. The Morgan fingerprint density at radius 3 is 3.00 bits per heavy atom. The van der Waals surface area contributed by atoms with Crippen LogP contribution in [0.5, 0.6) is 5.75 Å². The molecule has 0 fully saturated rings. The number of allylic oxidation sites excluding steroid dienone is 3. The third-order valence-corrected chi connectivity index (χ3v) is 4.59. The van der Waals surface area contributed by atoms with Gasteiger partial charge in [-0.2, -0.15) is 0 Å². The van der Waals surface area contributed by atoms with Crippen molar-refractivity contribution in [3.8, 4) is 5.75 Å². The number of carbonyl (C=O) groups excluding carboxylic acids is 1. The van der Waals surface area contributed by atoms with Gasteiger partial charge in [-0.1, -0.05) is 19.1 Å². The summed E-state index contributed by atoms with van der Waals surface area (Å²) in [6, 6.07) is 5.37. The Hall–Kier alpha value is -2.14. The largest absolute Gasteiger partial charge is 0.492 e. The van der Waals surface area contributed by atoms with Crippen molar-refractivity contribution in [1.29, 1.82) is 0 Å². The quantitative estimate of drug-likeness (QED) is 0.851. The molecule has 0 radical (unpaired) electrons. The van der Waals surface area contributed by atoms with Gasteiger partial charge in [0.15, 0.2) is 0 Å². The van der Waals surface area contributed by atoms with Gasteiger partial charge in [0.05, 0.1) is 18.7 Å². The summed E-state index contributed by atoms with van der Waals surface area (Å²) in [5.74, 6) is 0.115. The highest BCUT2D eigenvalue weighted by Gasteiger charge is 2.34. The molecular formula is C18H20FNO3. The van der Waals surface area contributed by atoms with Crippen molar-refractivity contribution in [2.45, 2.75) is 25.9 Å². The average Bonchev–Trinajstić information content (AvgIpc) is 2.79. The van der Waals surface area contributed by atoms with Crippen LogP contribution in [0.4, 0.5) is 4.39 Å². The molecule has 4 nitrogen and oxygen atoms in total. The Morgan fingerprint density at radius 2 is 2.30 bits per heavy atom. The highest BCUT2D eigenvalue weighted by molar-refractivity contribution is 5.89. The molecule has 1 unspecified atom stereocenters. The maximum Gasteiger partial charge on any atom is 0.337 e. The standard InChI is InChI=1S/C18H20FNO3/c1-18(7-5-14(19)6-8-18)16-11-23-15-9-12(17(21)22-2)3-4-13(15)10-20-16/h3-7,9,16,20H,8,10-11H2,1-2H3/t16-,18?/m1/s1. The van der Waals surface area contributed by atoms with E-state index in [9.17, 15) is 9.18 Å². The van der Waals surface area contributed by atoms with Crippen LogP contribution in [0.1, 0.15) is 29.3 Å². The number of ether oxygens (including phenoxy) is 2. The van der Waals surface area contributed by atoms with Gasteiger partial charge in [-0.05, 0) is 30.7 Å². The van der Waals surface area contributed by atoms with Gasteiger partial charge in [0.2, 0.25) is 0 Å². The van der Waals surface area contributed by atoms with E-state index in [0.29, 0.717) is 30.9 Å². The van der Waals surface area contributed by atoms with Crippen molar-refractivity contribution < 1.29 is 18.7 Å². The van der Waals surface area contributed by atoms with E-state index in [2.05, 4.69) is 12.2 Å². The number of carbonyl (C=O) groups is 1. The molecule has 1 aliphatic heterocycles. The molecule has 0 bridgehead atoms. The van der Waals surface area contributed by atoms with Crippen LogP contribution < -0.4 is 10.1 Å². The third-order valence-electron chi connectivity index (χ3n) is 4.59. The topological polar surface area (TPSA) is 47.6 Å². The first-order chi connectivity index (χ1) is 11.0. The normalized spacial score (nSPS) is 26.6. The molecule has 0 saturated heterocycles. The molecule has 0 aromatic heterocycles. The molecule has 5 heteroatoms. The molecule has 1 aliphatic carbocycles. The summed E-state index contributed by atoms with van der Waals surface area (Å²) in [7, 11) is 1.36. The smallest absolute Gasteiger partial charge is 0.337 e. The molecular weight excluding hydrogens is 297 g/mol. The first kappa shape index (κ1) is 15.7. The molecule has 1 N–H and O–H groups in total. The van der Waals surface area contributed by atoms with Gasteiger partial charge >= 0.3 is 5.97 Å². The number of hydrogen-bond donors (Lipinski definition) is 1. The number of methoxy groups -OCH3 is 1. The Bertz CT molecular complexity index is 683. The Labute approximate surface area is 135 Å². The SMILES string of the molecule is COC(=O)c1ccc2c(c1)OC[C@H](C1(C)C=CC(F)=CC1)NC2. The molecule has 1 heterocycles. The van der Waals surface area contributed by atoms with Crippen molar-refractivity contribution in [2.75, 3.05) is 13.7 Å². The van der Waals surface area contributed by atoms with Gasteiger partial charge in [-0.25, -0.2) is 9.18 Å². The number of esters is 1. The summed E-state index contributed by atoms with van der Waals surface area (Å²) < 4.78 is 23.9. The maximum absolute atomic E-state index is 13.2. The van der Waals surface area contributed by atoms with Crippen molar-refractivity contribution >= 4 is 5.97 Å². The summed E-state index contributed by atoms with van der Waals surface area (Å²) in [6.45, 7) is 3.17. The van der Waals surface area contributed by atoms with Crippen molar-refractivity contribution in [1.82, 2.24) is 5.32 Å². The van der Waals surface area contributed by atoms with Gasteiger partial charge < -0.3 is 14.8 Å². The lowest BCUT2D eigenvalue weighted by atomic mass is 9.77. The monoisotopic (exact) mass is 317 g/mol. The summed E-state index contributed by atoms with van der Waals surface area (Å²) in [6.07, 6.45) is 5.65. The van der Waals surface area contributed by atoms with Crippen LogP contribution in [0.15, 0.2) is 42.3 Å². The summed E-state index contributed by atoms with van der Waals surface area (Å²) in [4.78, 5) is 11.6. The van der Waals surface area contributed by atoms with E-state index in [0.717, 1.165) is 5.56 Å². The summed E-state index contributed by atoms with van der Waals surface area (Å²) >= 11 is 0. The Kier molecular flexibility index (Phi) is 4.22. The molecule has 2 atom stereocenters. The minimum Gasteiger partial charge on any atom is -0.492 e. The van der Waals surface area contributed by atoms with E-state index in [1.165, 1.54) is 13.2 Å².